The molecule has 0 aliphatic carbocycles. The number of carbonyl (C=O) groups excluding carboxylic acids is 1. The molecule has 1 aliphatic heterocycles. The summed E-state index contributed by atoms with van der Waals surface area (Å²) in [6, 6.07) is -0.0517. The summed E-state index contributed by atoms with van der Waals surface area (Å²) in [7, 11) is 1.68. The van der Waals surface area contributed by atoms with Crippen molar-refractivity contribution < 1.29 is 9.53 Å². The summed E-state index contributed by atoms with van der Waals surface area (Å²) in [5.74, 6) is 0.0821. The number of rotatable bonds is 5. The minimum Gasteiger partial charge on any atom is -0.380 e. The van der Waals surface area contributed by atoms with Crippen LogP contribution in [0.5, 0.6) is 0 Å². The summed E-state index contributed by atoms with van der Waals surface area (Å²) >= 11 is 0. The van der Waals surface area contributed by atoms with Crippen LogP contribution in [0.25, 0.3) is 0 Å². The van der Waals surface area contributed by atoms with Gasteiger partial charge in [0.25, 0.3) is 0 Å². The van der Waals surface area contributed by atoms with Gasteiger partial charge in [0.2, 0.25) is 5.91 Å². The number of hydrogen-bond donors (Lipinski definition) is 2. The number of nitrogens with one attached hydrogen (secondary N) is 2. The summed E-state index contributed by atoms with van der Waals surface area (Å²) in [4.78, 5) is 13.7. The largest absolute Gasteiger partial charge is 0.380 e. The zero-order valence-electron chi connectivity index (χ0n) is 9.58. The van der Waals surface area contributed by atoms with Gasteiger partial charge in [0.15, 0.2) is 0 Å². The first-order valence-electron chi connectivity index (χ1n) is 5.53. The molecule has 0 saturated carbocycles. The Morgan fingerprint density at radius 2 is 2.47 bits per heavy atom. The number of ether oxygens (including phenoxy) is 1. The minimum atomic E-state index is -0.0517. The predicted octanol–water partition coefficient (Wildman–Crippen LogP) is -0.957. The monoisotopic (exact) mass is 215 g/mol. The van der Waals surface area contributed by atoms with E-state index in [1.165, 1.54) is 0 Å². The molecule has 0 aromatic heterocycles. The van der Waals surface area contributed by atoms with Crippen LogP contribution in [-0.2, 0) is 9.53 Å². The Bertz CT molecular complexity index is 199. The topological polar surface area (TPSA) is 53.6 Å². The Kier molecular flexibility index (Phi) is 5.60. The van der Waals surface area contributed by atoms with Crippen molar-refractivity contribution in [2.24, 2.45) is 0 Å². The molecule has 1 fully saturated rings. The van der Waals surface area contributed by atoms with E-state index in [4.69, 9.17) is 4.74 Å². The highest BCUT2D eigenvalue weighted by molar-refractivity contribution is 5.81. The first-order valence-corrected chi connectivity index (χ1v) is 5.53. The van der Waals surface area contributed by atoms with Crippen molar-refractivity contribution in [2.75, 3.05) is 46.4 Å². The summed E-state index contributed by atoms with van der Waals surface area (Å²) in [6.45, 7) is 6.82. The lowest BCUT2D eigenvalue weighted by Gasteiger charge is -2.34. The second-order valence-electron chi connectivity index (χ2n) is 3.57. The first-order chi connectivity index (χ1) is 7.29. The fourth-order valence-electron chi connectivity index (χ4n) is 1.77. The van der Waals surface area contributed by atoms with Gasteiger partial charge in [0, 0.05) is 39.8 Å². The molecule has 1 heterocycles. The average molecular weight is 215 g/mol. The summed E-state index contributed by atoms with van der Waals surface area (Å²) in [5, 5.41) is 5.92. The summed E-state index contributed by atoms with van der Waals surface area (Å²) in [5.41, 5.74) is 0. The fraction of sp³-hybridized carbons (Fsp3) is 0.900. The SMILES string of the molecule is CCOCCN1CCNCC1C(=O)NC. The van der Waals surface area contributed by atoms with Gasteiger partial charge in [0.05, 0.1) is 6.61 Å². The van der Waals surface area contributed by atoms with Crippen molar-refractivity contribution in [2.45, 2.75) is 13.0 Å². The first kappa shape index (κ1) is 12.4. The fourth-order valence-corrected chi connectivity index (χ4v) is 1.77. The molecule has 1 amide bonds. The molecule has 1 atom stereocenters. The summed E-state index contributed by atoms with van der Waals surface area (Å²) < 4.78 is 5.30. The lowest BCUT2D eigenvalue weighted by atomic mass is 10.2. The Labute approximate surface area is 91.2 Å². The highest BCUT2D eigenvalue weighted by Gasteiger charge is 2.27. The maximum absolute atomic E-state index is 11.6. The van der Waals surface area contributed by atoms with Crippen LogP contribution in [0.1, 0.15) is 6.92 Å². The molecular weight excluding hydrogens is 194 g/mol. The molecule has 1 unspecified atom stereocenters. The van der Waals surface area contributed by atoms with Crippen LogP contribution in [0.3, 0.4) is 0 Å². The van der Waals surface area contributed by atoms with Gasteiger partial charge in [-0.2, -0.15) is 0 Å². The van der Waals surface area contributed by atoms with Crippen LogP contribution in [-0.4, -0.2) is 63.3 Å². The Hall–Kier alpha value is -0.650. The highest BCUT2D eigenvalue weighted by atomic mass is 16.5. The van der Waals surface area contributed by atoms with Crippen LogP contribution < -0.4 is 10.6 Å². The maximum atomic E-state index is 11.6. The van der Waals surface area contributed by atoms with Gasteiger partial charge in [-0.15, -0.1) is 0 Å². The smallest absolute Gasteiger partial charge is 0.238 e. The third-order valence-electron chi connectivity index (χ3n) is 2.63. The van der Waals surface area contributed by atoms with Crippen LogP contribution in [0.15, 0.2) is 0 Å². The van der Waals surface area contributed by atoms with E-state index in [1.807, 2.05) is 6.92 Å². The molecule has 2 N–H and O–H groups in total. The molecular formula is C10H21N3O2. The van der Waals surface area contributed by atoms with Crippen LogP contribution >= 0.6 is 0 Å². The van der Waals surface area contributed by atoms with Crippen LogP contribution in [0.4, 0.5) is 0 Å². The quantitative estimate of drug-likeness (QED) is 0.580. The number of likely N-dealkylation sites (N-methyl/N-ethyl adjacent to an activating group) is 1. The maximum Gasteiger partial charge on any atom is 0.238 e. The van der Waals surface area contributed by atoms with E-state index in [0.717, 1.165) is 32.8 Å². The van der Waals surface area contributed by atoms with Crippen molar-refractivity contribution in [1.29, 1.82) is 0 Å². The molecule has 1 saturated heterocycles. The lowest BCUT2D eigenvalue weighted by Crippen LogP contribution is -2.58. The molecule has 88 valence electrons. The highest BCUT2D eigenvalue weighted by Crippen LogP contribution is 2.02. The van der Waals surface area contributed by atoms with Crippen molar-refractivity contribution in [3.63, 3.8) is 0 Å². The molecule has 0 aromatic carbocycles. The Balaban J connectivity index is 2.39. The van der Waals surface area contributed by atoms with E-state index in [-0.39, 0.29) is 11.9 Å². The van der Waals surface area contributed by atoms with Crippen molar-refractivity contribution in [3.05, 3.63) is 0 Å². The molecule has 5 heteroatoms. The van der Waals surface area contributed by atoms with E-state index in [9.17, 15) is 4.79 Å². The second kappa shape index (κ2) is 6.76. The van der Waals surface area contributed by atoms with E-state index in [1.54, 1.807) is 7.05 Å². The minimum absolute atomic E-state index is 0.0517. The zero-order valence-corrected chi connectivity index (χ0v) is 9.58. The van der Waals surface area contributed by atoms with Crippen LogP contribution in [0, 0.1) is 0 Å². The average Bonchev–Trinajstić information content (AvgIpc) is 2.29. The van der Waals surface area contributed by atoms with Gasteiger partial charge < -0.3 is 15.4 Å². The second-order valence-corrected chi connectivity index (χ2v) is 3.57. The van der Waals surface area contributed by atoms with Gasteiger partial charge in [0.1, 0.15) is 6.04 Å². The van der Waals surface area contributed by atoms with Gasteiger partial charge >= 0.3 is 0 Å². The lowest BCUT2D eigenvalue weighted by molar-refractivity contribution is -0.126. The van der Waals surface area contributed by atoms with E-state index in [2.05, 4.69) is 15.5 Å². The zero-order chi connectivity index (χ0) is 11.1. The van der Waals surface area contributed by atoms with Crippen molar-refractivity contribution in [1.82, 2.24) is 15.5 Å². The molecule has 0 bridgehead atoms. The molecule has 1 rings (SSSR count). The van der Waals surface area contributed by atoms with Gasteiger partial charge in [-0.3, -0.25) is 9.69 Å². The van der Waals surface area contributed by atoms with E-state index < -0.39 is 0 Å². The van der Waals surface area contributed by atoms with Gasteiger partial charge in [-0.25, -0.2) is 0 Å². The van der Waals surface area contributed by atoms with E-state index >= 15 is 0 Å². The number of nitrogens with zero attached hydrogens (tertiary/aromatic N) is 1. The third-order valence-corrected chi connectivity index (χ3v) is 2.63. The Morgan fingerprint density at radius 1 is 1.67 bits per heavy atom. The van der Waals surface area contributed by atoms with Crippen LogP contribution in [0.2, 0.25) is 0 Å². The van der Waals surface area contributed by atoms with Crippen molar-refractivity contribution in [3.8, 4) is 0 Å². The normalized spacial score (nSPS) is 22.7. The Morgan fingerprint density at radius 3 is 3.13 bits per heavy atom. The van der Waals surface area contributed by atoms with Gasteiger partial charge in [-0.1, -0.05) is 0 Å². The number of piperazine rings is 1. The molecule has 0 spiro atoms. The molecule has 15 heavy (non-hydrogen) atoms. The number of amides is 1. The van der Waals surface area contributed by atoms with Gasteiger partial charge in [-0.05, 0) is 6.92 Å². The van der Waals surface area contributed by atoms with Crippen molar-refractivity contribution >= 4 is 5.91 Å². The molecule has 1 aliphatic rings. The van der Waals surface area contributed by atoms with E-state index in [0.29, 0.717) is 6.61 Å². The number of carbonyl (C=O) groups is 1. The standard InChI is InChI=1S/C10H21N3O2/c1-3-15-7-6-13-5-4-12-8-9(13)10(14)11-2/h9,12H,3-8H2,1-2H3,(H,11,14). The molecule has 0 aromatic rings. The third kappa shape index (κ3) is 3.77. The molecule has 5 nitrogen and oxygen atoms in total. The summed E-state index contributed by atoms with van der Waals surface area (Å²) in [6.07, 6.45) is 0. The molecule has 0 radical (unpaired) electrons. The predicted molar refractivity (Wildman–Crippen MR) is 58.8 cm³/mol. The number of hydrogen-bond acceptors (Lipinski definition) is 4.